The van der Waals surface area contributed by atoms with E-state index in [4.69, 9.17) is 5.73 Å². The third-order valence-electron chi connectivity index (χ3n) is 5.65. The van der Waals surface area contributed by atoms with Crippen molar-refractivity contribution in [3.05, 3.63) is 24.3 Å². The van der Waals surface area contributed by atoms with Crippen molar-refractivity contribution in [2.45, 2.75) is 32.1 Å². The summed E-state index contributed by atoms with van der Waals surface area (Å²) in [4.78, 5) is 38.7. The smallest absolute Gasteiger partial charge is 0.232 e. The van der Waals surface area contributed by atoms with Crippen LogP contribution in [-0.4, -0.2) is 41.5 Å². The van der Waals surface area contributed by atoms with Crippen LogP contribution in [-0.2, 0) is 14.4 Å². The second-order valence-electron chi connectivity index (χ2n) is 7.98. The van der Waals surface area contributed by atoms with E-state index in [1.54, 1.807) is 4.90 Å². The third-order valence-corrected chi connectivity index (χ3v) is 6.71. The van der Waals surface area contributed by atoms with E-state index >= 15 is 0 Å². The molecule has 1 aliphatic heterocycles. The Morgan fingerprint density at radius 3 is 2.58 bits per heavy atom. The first-order valence-corrected chi connectivity index (χ1v) is 9.71. The zero-order valence-corrected chi connectivity index (χ0v) is 16.2. The Kier molecular flexibility index (Phi) is 4.77. The van der Waals surface area contributed by atoms with Gasteiger partial charge < -0.3 is 16.0 Å². The fourth-order valence-corrected chi connectivity index (χ4v) is 5.44. The topological polar surface area (TPSA) is 92.5 Å². The number of benzene rings is 1. The molecule has 0 aromatic heterocycles. The van der Waals surface area contributed by atoms with Crippen LogP contribution in [0.3, 0.4) is 0 Å². The van der Waals surface area contributed by atoms with Gasteiger partial charge in [0.15, 0.2) is 0 Å². The molecule has 1 aromatic carbocycles. The van der Waals surface area contributed by atoms with E-state index in [0.717, 1.165) is 11.3 Å². The summed E-state index contributed by atoms with van der Waals surface area (Å²) in [5.74, 6) is -0.0445. The van der Waals surface area contributed by atoms with Crippen LogP contribution in [0, 0.1) is 16.7 Å². The number of fused-ring (bicyclic) bond motifs is 1. The number of nitrogens with one attached hydrogen (secondary N) is 1. The van der Waals surface area contributed by atoms with Gasteiger partial charge in [0.25, 0.3) is 0 Å². The molecule has 0 bridgehead atoms. The van der Waals surface area contributed by atoms with Gasteiger partial charge in [-0.2, -0.15) is 0 Å². The number of nitrogens with zero attached hydrogens (tertiary/aromatic N) is 1. The van der Waals surface area contributed by atoms with Gasteiger partial charge in [-0.3, -0.25) is 14.4 Å². The van der Waals surface area contributed by atoms with Gasteiger partial charge in [-0.25, -0.2) is 0 Å². The first-order chi connectivity index (χ1) is 12.2. The molecule has 3 rings (SSSR count). The molecular formula is C19H25N3O3S. The van der Waals surface area contributed by atoms with Gasteiger partial charge in [0.2, 0.25) is 17.7 Å². The van der Waals surface area contributed by atoms with Crippen LogP contribution in [0.1, 0.15) is 27.2 Å². The molecule has 2 aliphatic rings. The first kappa shape index (κ1) is 18.8. The van der Waals surface area contributed by atoms with Crippen molar-refractivity contribution in [1.29, 1.82) is 0 Å². The van der Waals surface area contributed by atoms with Crippen molar-refractivity contribution >= 4 is 35.2 Å². The summed E-state index contributed by atoms with van der Waals surface area (Å²) in [5, 5.41) is 2.78. The average molecular weight is 375 g/mol. The van der Waals surface area contributed by atoms with Gasteiger partial charge in [0, 0.05) is 24.9 Å². The molecule has 2 fully saturated rings. The highest BCUT2D eigenvalue weighted by Gasteiger charge is 2.66. The predicted octanol–water partition coefficient (Wildman–Crippen LogP) is 2.10. The van der Waals surface area contributed by atoms with E-state index < -0.39 is 5.41 Å². The summed E-state index contributed by atoms with van der Waals surface area (Å²) >= 11 is 1.39. The number of nitrogens with two attached hydrogens (primary N) is 1. The number of carbonyl (C=O) groups is 3. The van der Waals surface area contributed by atoms with Crippen molar-refractivity contribution < 1.29 is 14.4 Å². The van der Waals surface area contributed by atoms with E-state index in [9.17, 15) is 14.4 Å². The second kappa shape index (κ2) is 6.61. The van der Waals surface area contributed by atoms with Crippen LogP contribution in [0.15, 0.2) is 29.2 Å². The van der Waals surface area contributed by atoms with Crippen molar-refractivity contribution in [3.63, 3.8) is 0 Å². The normalized spacial score (nSPS) is 26.0. The van der Waals surface area contributed by atoms with Gasteiger partial charge in [-0.15, -0.1) is 11.8 Å². The fourth-order valence-electron chi connectivity index (χ4n) is 4.53. The van der Waals surface area contributed by atoms with Crippen LogP contribution >= 0.6 is 11.8 Å². The number of hydrogen-bond donors (Lipinski definition) is 2. The molecule has 0 unspecified atom stereocenters. The highest BCUT2D eigenvalue weighted by atomic mass is 32.2. The van der Waals surface area contributed by atoms with Crippen molar-refractivity contribution in [2.75, 3.05) is 24.2 Å². The van der Waals surface area contributed by atoms with E-state index in [2.05, 4.69) is 19.2 Å². The van der Waals surface area contributed by atoms with E-state index in [-0.39, 0.29) is 34.8 Å². The Morgan fingerprint density at radius 1 is 1.31 bits per heavy atom. The van der Waals surface area contributed by atoms with Gasteiger partial charge in [0.1, 0.15) is 0 Å². The molecule has 0 radical (unpaired) electrons. The van der Waals surface area contributed by atoms with Crippen LogP contribution in [0.2, 0.25) is 0 Å². The average Bonchev–Trinajstić information content (AvgIpc) is 2.89. The molecule has 3 N–H and O–H groups in total. The molecule has 26 heavy (non-hydrogen) atoms. The van der Waals surface area contributed by atoms with Gasteiger partial charge in [-0.1, -0.05) is 26.0 Å². The summed E-state index contributed by atoms with van der Waals surface area (Å²) in [7, 11) is 0. The maximum absolute atomic E-state index is 12.7. The van der Waals surface area contributed by atoms with Crippen LogP contribution < -0.4 is 11.1 Å². The number of anilines is 1. The quantitative estimate of drug-likeness (QED) is 0.771. The molecule has 140 valence electrons. The van der Waals surface area contributed by atoms with Gasteiger partial charge >= 0.3 is 0 Å². The lowest BCUT2D eigenvalue weighted by Gasteiger charge is -2.54. The summed E-state index contributed by atoms with van der Waals surface area (Å²) in [6.07, 6.45) is 0.738. The molecule has 0 spiro atoms. The minimum absolute atomic E-state index is 0.00143. The monoisotopic (exact) mass is 375 g/mol. The summed E-state index contributed by atoms with van der Waals surface area (Å²) in [5.41, 5.74) is 5.85. The number of hydrogen-bond acceptors (Lipinski definition) is 4. The minimum Gasteiger partial charge on any atom is -0.369 e. The fraction of sp³-hybridized carbons (Fsp3) is 0.526. The number of carbonyl (C=O) groups excluding carboxylic acids is 3. The Morgan fingerprint density at radius 2 is 2.00 bits per heavy atom. The number of amides is 3. The summed E-state index contributed by atoms with van der Waals surface area (Å²) in [6.45, 7) is 6.72. The lowest BCUT2D eigenvalue weighted by molar-refractivity contribution is -0.148. The number of primary amides is 1. The molecule has 1 aliphatic carbocycles. The molecule has 7 heteroatoms. The van der Waals surface area contributed by atoms with Crippen molar-refractivity contribution in [1.82, 2.24) is 4.90 Å². The standard InChI is InChI=1S/C19H25N3O3S/c1-12(23)21-13-6-4-5-7-14(13)26-9-16(24)22-8-15-18(2,3)10-19(15,11-22)17(20)25/h4-7,15H,8-11H2,1-3H3,(H2,20,25)(H,21,23)/t15-,19+/m1/s1. The largest absolute Gasteiger partial charge is 0.369 e. The Labute approximate surface area is 157 Å². The van der Waals surface area contributed by atoms with Gasteiger partial charge in [-0.05, 0) is 29.9 Å². The zero-order chi connectivity index (χ0) is 19.1. The SMILES string of the molecule is CC(=O)Nc1ccccc1SCC(=O)N1C[C@@H]2C(C)(C)C[C@]2(C(N)=O)C1. The number of para-hydroxylation sites is 1. The van der Waals surface area contributed by atoms with E-state index in [1.165, 1.54) is 18.7 Å². The molecule has 1 saturated heterocycles. The third kappa shape index (κ3) is 3.20. The predicted molar refractivity (Wildman–Crippen MR) is 102 cm³/mol. The second-order valence-corrected chi connectivity index (χ2v) is 9.00. The first-order valence-electron chi connectivity index (χ1n) is 8.73. The maximum Gasteiger partial charge on any atom is 0.232 e. The Balaban J connectivity index is 1.65. The Hall–Kier alpha value is -2.02. The summed E-state index contributed by atoms with van der Waals surface area (Å²) in [6, 6.07) is 7.41. The van der Waals surface area contributed by atoms with Gasteiger partial charge in [0.05, 0.1) is 16.9 Å². The van der Waals surface area contributed by atoms with E-state index in [0.29, 0.717) is 18.8 Å². The lowest BCUT2D eigenvalue weighted by atomic mass is 9.48. The number of likely N-dealkylation sites (tertiary alicyclic amines) is 1. The molecule has 1 saturated carbocycles. The highest BCUT2D eigenvalue weighted by Crippen LogP contribution is 2.62. The molecular weight excluding hydrogens is 350 g/mol. The van der Waals surface area contributed by atoms with Crippen molar-refractivity contribution in [2.24, 2.45) is 22.5 Å². The van der Waals surface area contributed by atoms with Crippen LogP contribution in [0.5, 0.6) is 0 Å². The highest BCUT2D eigenvalue weighted by molar-refractivity contribution is 8.00. The Bertz CT molecular complexity index is 764. The van der Waals surface area contributed by atoms with E-state index in [1.807, 2.05) is 24.3 Å². The lowest BCUT2D eigenvalue weighted by Crippen LogP contribution is -2.59. The molecule has 1 heterocycles. The number of rotatable bonds is 5. The maximum atomic E-state index is 12.7. The molecule has 3 amide bonds. The minimum atomic E-state index is -0.558. The zero-order valence-electron chi connectivity index (χ0n) is 15.4. The van der Waals surface area contributed by atoms with Crippen LogP contribution in [0.25, 0.3) is 0 Å². The van der Waals surface area contributed by atoms with Crippen LogP contribution in [0.4, 0.5) is 5.69 Å². The summed E-state index contributed by atoms with van der Waals surface area (Å²) < 4.78 is 0. The van der Waals surface area contributed by atoms with Crippen molar-refractivity contribution in [3.8, 4) is 0 Å². The molecule has 2 atom stereocenters. The molecule has 1 aromatic rings. The molecule has 6 nitrogen and oxygen atoms in total. The number of thioether (sulfide) groups is 1.